The van der Waals surface area contributed by atoms with Crippen molar-refractivity contribution in [1.29, 1.82) is 0 Å². The summed E-state index contributed by atoms with van der Waals surface area (Å²) in [5.41, 5.74) is 0. The zero-order valence-corrected chi connectivity index (χ0v) is 9.87. The van der Waals surface area contributed by atoms with Crippen molar-refractivity contribution in [2.24, 2.45) is 0 Å². The fourth-order valence-corrected chi connectivity index (χ4v) is 2.60. The first-order chi connectivity index (χ1) is 6.33. The summed E-state index contributed by atoms with van der Waals surface area (Å²) in [7, 11) is 0. The fraction of sp³-hybridized carbons (Fsp3) is 1.00. The van der Waals surface area contributed by atoms with Crippen LogP contribution in [0.25, 0.3) is 0 Å². The third-order valence-electron chi connectivity index (χ3n) is 2.31. The number of rotatable bonds is 6. The number of halogens is 1. The summed E-state index contributed by atoms with van der Waals surface area (Å²) in [5, 5.41) is 0.603. The molecule has 0 N–H and O–H groups in total. The van der Waals surface area contributed by atoms with Crippen LogP contribution in [0.1, 0.15) is 32.6 Å². The van der Waals surface area contributed by atoms with Gasteiger partial charge in [-0.15, -0.1) is 11.6 Å². The van der Waals surface area contributed by atoms with Crippen LogP contribution in [-0.4, -0.2) is 29.6 Å². The maximum absolute atomic E-state index is 5.71. The van der Waals surface area contributed by atoms with Gasteiger partial charge in [-0.2, -0.15) is 11.8 Å². The van der Waals surface area contributed by atoms with Gasteiger partial charge in [0, 0.05) is 17.7 Å². The van der Waals surface area contributed by atoms with Crippen LogP contribution in [0.3, 0.4) is 0 Å². The number of hydrogen-bond acceptors (Lipinski definition) is 2. The molecule has 2 unspecified atom stereocenters. The Morgan fingerprint density at radius 3 is 3.08 bits per heavy atom. The minimum absolute atomic E-state index is 0.562. The lowest BCUT2D eigenvalue weighted by Crippen LogP contribution is -2.06. The van der Waals surface area contributed by atoms with Gasteiger partial charge >= 0.3 is 0 Å². The monoisotopic (exact) mass is 222 g/mol. The van der Waals surface area contributed by atoms with E-state index >= 15 is 0 Å². The third kappa shape index (κ3) is 5.14. The van der Waals surface area contributed by atoms with Crippen LogP contribution >= 0.6 is 23.4 Å². The van der Waals surface area contributed by atoms with Crippen molar-refractivity contribution < 1.29 is 4.74 Å². The SMILES string of the molecule is CC(CCl)SCCCC1CCCO1. The average Bonchev–Trinajstić information content (AvgIpc) is 2.64. The molecule has 0 aromatic rings. The predicted octanol–water partition coefficient (Wildman–Crippen LogP) is 3.31. The van der Waals surface area contributed by atoms with Crippen molar-refractivity contribution >= 4 is 23.4 Å². The van der Waals surface area contributed by atoms with Crippen molar-refractivity contribution in [3.05, 3.63) is 0 Å². The van der Waals surface area contributed by atoms with Gasteiger partial charge in [-0.3, -0.25) is 0 Å². The minimum Gasteiger partial charge on any atom is -0.378 e. The van der Waals surface area contributed by atoms with Crippen molar-refractivity contribution in [3.63, 3.8) is 0 Å². The molecular formula is C10H19ClOS. The Labute approximate surface area is 90.6 Å². The molecule has 1 aliphatic rings. The summed E-state index contributed by atoms with van der Waals surface area (Å²) in [4.78, 5) is 0. The molecule has 0 spiro atoms. The lowest BCUT2D eigenvalue weighted by Gasteiger charge is -2.10. The Morgan fingerprint density at radius 2 is 2.46 bits per heavy atom. The number of thioether (sulfide) groups is 1. The van der Waals surface area contributed by atoms with Gasteiger partial charge in [0.05, 0.1) is 6.10 Å². The highest BCUT2D eigenvalue weighted by molar-refractivity contribution is 7.99. The highest BCUT2D eigenvalue weighted by Crippen LogP contribution is 2.19. The quantitative estimate of drug-likeness (QED) is 0.504. The molecule has 0 aromatic heterocycles. The summed E-state index contributed by atoms with van der Waals surface area (Å²) in [6.45, 7) is 3.17. The van der Waals surface area contributed by atoms with Crippen molar-refractivity contribution in [3.8, 4) is 0 Å². The molecule has 1 nitrogen and oxygen atoms in total. The Balaban J connectivity index is 1.88. The summed E-state index contributed by atoms with van der Waals surface area (Å²) in [6.07, 6.45) is 5.61. The highest BCUT2D eigenvalue weighted by atomic mass is 35.5. The van der Waals surface area contributed by atoms with Gasteiger partial charge in [0.1, 0.15) is 0 Å². The predicted molar refractivity (Wildman–Crippen MR) is 60.8 cm³/mol. The molecule has 0 aliphatic carbocycles. The molecule has 1 aliphatic heterocycles. The van der Waals surface area contributed by atoms with Gasteiger partial charge in [-0.1, -0.05) is 6.92 Å². The average molecular weight is 223 g/mol. The zero-order valence-electron chi connectivity index (χ0n) is 8.30. The molecule has 1 heterocycles. The van der Waals surface area contributed by atoms with E-state index in [-0.39, 0.29) is 0 Å². The van der Waals surface area contributed by atoms with Crippen LogP contribution in [-0.2, 0) is 4.74 Å². The second-order valence-corrected chi connectivity index (χ2v) is 5.47. The van der Waals surface area contributed by atoms with E-state index in [2.05, 4.69) is 6.92 Å². The third-order valence-corrected chi connectivity index (χ3v) is 4.22. The largest absolute Gasteiger partial charge is 0.378 e. The summed E-state index contributed by atoms with van der Waals surface area (Å²) in [6, 6.07) is 0. The molecule has 0 aromatic carbocycles. The van der Waals surface area contributed by atoms with Crippen molar-refractivity contribution in [2.75, 3.05) is 18.2 Å². The molecule has 0 radical (unpaired) electrons. The van der Waals surface area contributed by atoms with E-state index in [1.165, 1.54) is 31.4 Å². The first-order valence-electron chi connectivity index (χ1n) is 5.12. The zero-order chi connectivity index (χ0) is 9.52. The van der Waals surface area contributed by atoms with Crippen LogP contribution in [0.2, 0.25) is 0 Å². The van der Waals surface area contributed by atoms with Crippen molar-refractivity contribution in [2.45, 2.75) is 44.0 Å². The van der Waals surface area contributed by atoms with Gasteiger partial charge in [0.25, 0.3) is 0 Å². The Kier molecular flexibility index (Phi) is 6.26. The van der Waals surface area contributed by atoms with E-state index in [9.17, 15) is 0 Å². The van der Waals surface area contributed by atoms with Crippen LogP contribution in [0.5, 0.6) is 0 Å². The van der Waals surface area contributed by atoms with E-state index in [0.717, 1.165) is 12.5 Å². The minimum atomic E-state index is 0.562. The molecular weight excluding hydrogens is 204 g/mol. The molecule has 3 heteroatoms. The first-order valence-corrected chi connectivity index (χ1v) is 6.70. The summed E-state index contributed by atoms with van der Waals surface area (Å²) < 4.78 is 5.55. The number of ether oxygens (including phenoxy) is 1. The molecule has 1 rings (SSSR count). The topological polar surface area (TPSA) is 9.23 Å². The number of hydrogen-bond donors (Lipinski definition) is 0. The van der Waals surface area contributed by atoms with Gasteiger partial charge in [-0.05, 0) is 31.4 Å². The molecule has 1 saturated heterocycles. The Morgan fingerprint density at radius 1 is 1.62 bits per heavy atom. The smallest absolute Gasteiger partial charge is 0.0576 e. The van der Waals surface area contributed by atoms with E-state index in [0.29, 0.717) is 11.4 Å². The summed E-state index contributed by atoms with van der Waals surface area (Å²) >= 11 is 7.68. The Hall–Kier alpha value is 0.600. The lowest BCUT2D eigenvalue weighted by atomic mass is 10.1. The second kappa shape index (κ2) is 6.97. The van der Waals surface area contributed by atoms with Gasteiger partial charge in [0.2, 0.25) is 0 Å². The van der Waals surface area contributed by atoms with Gasteiger partial charge < -0.3 is 4.74 Å². The second-order valence-electron chi connectivity index (χ2n) is 3.61. The molecule has 2 atom stereocenters. The normalized spacial score (nSPS) is 24.9. The summed E-state index contributed by atoms with van der Waals surface area (Å²) in [5.74, 6) is 2.00. The van der Waals surface area contributed by atoms with Crippen molar-refractivity contribution in [1.82, 2.24) is 0 Å². The molecule has 13 heavy (non-hydrogen) atoms. The highest BCUT2D eigenvalue weighted by Gasteiger charge is 2.14. The van der Waals surface area contributed by atoms with E-state index in [4.69, 9.17) is 16.3 Å². The number of alkyl halides is 1. The van der Waals surface area contributed by atoms with Crippen LogP contribution < -0.4 is 0 Å². The standard InChI is InChI=1S/C10H19ClOS/c1-9(8-11)13-7-3-5-10-4-2-6-12-10/h9-10H,2-8H2,1H3. The first kappa shape index (κ1) is 11.7. The van der Waals surface area contributed by atoms with Gasteiger partial charge in [-0.25, -0.2) is 0 Å². The molecule has 0 bridgehead atoms. The molecule has 0 amide bonds. The Bertz CT molecular complexity index is 126. The lowest BCUT2D eigenvalue weighted by molar-refractivity contribution is 0.104. The maximum atomic E-state index is 5.71. The fourth-order valence-electron chi connectivity index (χ4n) is 1.51. The van der Waals surface area contributed by atoms with E-state index < -0.39 is 0 Å². The maximum Gasteiger partial charge on any atom is 0.0576 e. The van der Waals surface area contributed by atoms with E-state index in [1.807, 2.05) is 11.8 Å². The molecule has 1 fully saturated rings. The molecule has 78 valence electrons. The van der Waals surface area contributed by atoms with Crippen LogP contribution in [0.4, 0.5) is 0 Å². The van der Waals surface area contributed by atoms with E-state index in [1.54, 1.807) is 0 Å². The van der Waals surface area contributed by atoms with Crippen LogP contribution in [0, 0.1) is 0 Å². The molecule has 0 saturated carbocycles. The van der Waals surface area contributed by atoms with Gasteiger partial charge in [0.15, 0.2) is 0 Å². The van der Waals surface area contributed by atoms with Crippen LogP contribution in [0.15, 0.2) is 0 Å².